The molecule has 0 aromatic heterocycles. The Morgan fingerprint density at radius 1 is 1.32 bits per heavy atom. The largest absolute Gasteiger partial charge is 0.444 e. The summed E-state index contributed by atoms with van der Waals surface area (Å²) in [7, 11) is 0. The fourth-order valence-corrected chi connectivity index (χ4v) is 1.93. The predicted molar refractivity (Wildman–Crippen MR) is 73.9 cm³/mol. The highest BCUT2D eigenvalue weighted by atomic mass is 16.6. The van der Waals surface area contributed by atoms with Crippen molar-refractivity contribution in [1.29, 1.82) is 0 Å². The number of hydrogen-bond donors (Lipinski definition) is 2. The van der Waals surface area contributed by atoms with Crippen molar-refractivity contribution in [3.63, 3.8) is 0 Å². The molecule has 1 aliphatic heterocycles. The van der Waals surface area contributed by atoms with Gasteiger partial charge in [0.2, 0.25) is 0 Å². The van der Waals surface area contributed by atoms with Gasteiger partial charge in [-0.05, 0) is 27.2 Å². The zero-order valence-electron chi connectivity index (χ0n) is 12.3. The average Bonchev–Trinajstić information content (AvgIpc) is 2.34. The number of ether oxygens (including phenoxy) is 1. The normalized spacial score (nSPS) is 19.3. The van der Waals surface area contributed by atoms with Gasteiger partial charge in [0.05, 0.1) is 6.10 Å². The first-order chi connectivity index (χ1) is 8.81. The van der Waals surface area contributed by atoms with Crippen LogP contribution >= 0.6 is 0 Å². The van der Waals surface area contributed by atoms with E-state index >= 15 is 0 Å². The molecule has 1 heterocycles. The first kappa shape index (κ1) is 16.2. The Balaban J connectivity index is 2.27. The highest BCUT2D eigenvalue weighted by molar-refractivity contribution is 5.68. The van der Waals surface area contributed by atoms with Gasteiger partial charge in [-0.25, -0.2) is 4.79 Å². The zero-order valence-corrected chi connectivity index (χ0v) is 12.3. The predicted octanol–water partition coefficient (Wildman–Crippen LogP) is 0.249. The van der Waals surface area contributed by atoms with Crippen LogP contribution < -0.4 is 5.73 Å². The van der Waals surface area contributed by atoms with E-state index in [1.165, 1.54) is 0 Å². The molecule has 19 heavy (non-hydrogen) atoms. The second-order valence-electron chi connectivity index (χ2n) is 5.99. The molecule has 0 radical (unpaired) electrons. The summed E-state index contributed by atoms with van der Waals surface area (Å²) in [6.45, 7) is 9.72. The Morgan fingerprint density at radius 3 is 2.37 bits per heavy atom. The monoisotopic (exact) mass is 273 g/mol. The van der Waals surface area contributed by atoms with Crippen LogP contribution in [0.15, 0.2) is 0 Å². The van der Waals surface area contributed by atoms with Crippen LogP contribution in [0.25, 0.3) is 0 Å². The molecule has 3 N–H and O–H groups in total. The van der Waals surface area contributed by atoms with Gasteiger partial charge in [0, 0.05) is 39.3 Å². The molecule has 112 valence electrons. The van der Waals surface area contributed by atoms with E-state index in [-0.39, 0.29) is 6.09 Å². The number of rotatable bonds is 4. The SMILES string of the molecule is CC(C)(C)OC(=O)N1CCN(CC[C@@H](O)CN)CC1. The number of amides is 1. The van der Waals surface area contributed by atoms with Crippen LogP contribution in [0, 0.1) is 0 Å². The van der Waals surface area contributed by atoms with Crippen molar-refractivity contribution in [2.24, 2.45) is 5.73 Å². The lowest BCUT2D eigenvalue weighted by Gasteiger charge is -2.35. The zero-order chi connectivity index (χ0) is 14.5. The minimum atomic E-state index is -0.445. The molecule has 1 atom stereocenters. The van der Waals surface area contributed by atoms with Crippen molar-refractivity contribution in [3.05, 3.63) is 0 Å². The van der Waals surface area contributed by atoms with Crippen LogP contribution in [-0.2, 0) is 4.74 Å². The second-order valence-corrected chi connectivity index (χ2v) is 5.99. The van der Waals surface area contributed by atoms with Gasteiger partial charge in [-0.1, -0.05) is 0 Å². The van der Waals surface area contributed by atoms with E-state index in [1.54, 1.807) is 4.90 Å². The van der Waals surface area contributed by atoms with Gasteiger partial charge in [0.1, 0.15) is 5.60 Å². The van der Waals surface area contributed by atoms with Crippen LogP contribution in [0.3, 0.4) is 0 Å². The van der Waals surface area contributed by atoms with Gasteiger partial charge < -0.3 is 20.5 Å². The van der Waals surface area contributed by atoms with Crippen molar-refractivity contribution in [2.75, 3.05) is 39.3 Å². The van der Waals surface area contributed by atoms with Crippen molar-refractivity contribution < 1.29 is 14.6 Å². The van der Waals surface area contributed by atoms with E-state index < -0.39 is 11.7 Å². The van der Waals surface area contributed by atoms with E-state index in [1.807, 2.05) is 20.8 Å². The first-order valence-electron chi connectivity index (χ1n) is 6.90. The Bertz CT molecular complexity index is 283. The first-order valence-corrected chi connectivity index (χ1v) is 6.90. The van der Waals surface area contributed by atoms with Crippen LogP contribution in [-0.4, -0.2) is 72.0 Å². The molecule has 0 spiro atoms. The van der Waals surface area contributed by atoms with Crippen LogP contribution in [0.2, 0.25) is 0 Å². The molecule has 1 rings (SSSR count). The van der Waals surface area contributed by atoms with E-state index in [0.717, 1.165) is 19.6 Å². The highest BCUT2D eigenvalue weighted by Gasteiger charge is 2.25. The molecule has 0 aromatic rings. The molecule has 1 aliphatic rings. The third-order valence-electron chi connectivity index (χ3n) is 3.07. The van der Waals surface area contributed by atoms with E-state index in [4.69, 9.17) is 10.5 Å². The molecule has 1 fully saturated rings. The molecule has 6 nitrogen and oxygen atoms in total. The lowest BCUT2D eigenvalue weighted by Crippen LogP contribution is -2.50. The van der Waals surface area contributed by atoms with Crippen molar-refractivity contribution in [2.45, 2.75) is 38.9 Å². The maximum atomic E-state index is 11.9. The van der Waals surface area contributed by atoms with Crippen molar-refractivity contribution in [3.8, 4) is 0 Å². The van der Waals surface area contributed by atoms with Gasteiger partial charge in [-0.3, -0.25) is 4.90 Å². The number of carbonyl (C=O) groups is 1. The highest BCUT2D eigenvalue weighted by Crippen LogP contribution is 2.12. The van der Waals surface area contributed by atoms with Crippen molar-refractivity contribution >= 4 is 6.09 Å². The molecule has 0 aliphatic carbocycles. The molecule has 0 unspecified atom stereocenters. The van der Waals surface area contributed by atoms with Gasteiger partial charge in [0.15, 0.2) is 0 Å². The minimum Gasteiger partial charge on any atom is -0.444 e. The smallest absolute Gasteiger partial charge is 0.410 e. The third-order valence-corrected chi connectivity index (χ3v) is 3.07. The summed E-state index contributed by atoms with van der Waals surface area (Å²) < 4.78 is 5.34. The molecule has 0 aromatic carbocycles. The number of nitrogens with zero attached hydrogens (tertiary/aromatic N) is 2. The van der Waals surface area contributed by atoms with Crippen LogP contribution in [0.4, 0.5) is 4.79 Å². The van der Waals surface area contributed by atoms with Crippen LogP contribution in [0.1, 0.15) is 27.2 Å². The van der Waals surface area contributed by atoms with Gasteiger partial charge in [-0.15, -0.1) is 0 Å². The molecule has 1 saturated heterocycles. The Labute approximate surface area is 115 Å². The number of hydrogen-bond acceptors (Lipinski definition) is 5. The summed E-state index contributed by atoms with van der Waals surface area (Å²) >= 11 is 0. The second kappa shape index (κ2) is 7.07. The van der Waals surface area contributed by atoms with E-state index in [9.17, 15) is 9.90 Å². The number of aliphatic hydroxyl groups excluding tert-OH is 1. The maximum absolute atomic E-state index is 11.9. The molecular formula is C13H27N3O3. The van der Waals surface area contributed by atoms with Crippen LogP contribution in [0.5, 0.6) is 0 Å². The quantitative estimate of drug-likeness (QED) is 0.767. The standard InChI is InChI=1S/C13H27N3O3/c1-13(2,3)19-12(18)16-8-6-15(7-9-16)5-4-11(17)10-14/h11,17H,4-10,14H2,1-3H3/t11-/m1/s1. The molecular weight excluding hydrogens is 246 g/mol. The summed E-state index contributed by atoms with van der Waals surface area (Å²) in [5, 5.41) is 9.42. The van der Waals surface area contributed by atoms with E-state index in [0.29, 0.717) is 26.1 Å². The molecule has 0 saturated carbocycles. The topological polar surface area (TPSA) is 79.0 Å². The van der Waals surface area contributed by atoms with Gasteiger partial charge in [0.25, 0.3) is 0 Å². The van der Waals surface area contributed by atoms with E-state index in [2.05, 4.69) is 4.90 Å². The summed E-state index contributed by atoms with van der Waals surface area (Å²) in [4.78, 5) is 15.8. The summed E-state index contributed by atoms with van der Waals surface area (Å²) in [6, 6.07) is 0. The number of aliphatic hydroxyl groups is 1. The molecule has 6 heteroatoms. The fraction of sp³-hybridized carbons (Fsp3) is 0.923. The summed E-state index contributed by atoms with van der Waals surface area (Å²) in [5.74, 6) is 0. The maximum Gasteiger partial charge on any atom is 0.410 e. The Morgan fingerprint density at radius 2 is 1.89 bits per heavy atom. The van der Waals surface area contributed by atoms with Gasteiger partial charge >= 0.3 is 6.09 Å². The lowest BCUT2D eigenvalue weighted by atomic mass is 10.2. The number of carbonyl (C=O) groups excluding carboxylic acids is 1. The average molecular weight is 273 g/mol. The number of nitrogens with two attached hydrogens (primary N) is 1. The third kappa shape index (κ3) is 6.22. The Kier molecular flexibility index (Phi) is 6.03. The summed E-state index contributed by atoms with van der Waals surface area (Å²) in [6.07, 6.45) is 0.0150. The minimum absolute atomic E-state index is 0.242. The number of piperazine rings is 1. The van der Waals surface area contributed by atoms with Crippen molar-refractivity contribution in [1.82, 2.24) is 9.80 Å². The van der Waals surface area contributed by atoms with Gasteiger partial charge in [-0.2, -0.15) is 0 Å². The lowest BCUT2D eigenvalue weighted by molar-refractivity contribution is 0.0133. The molecule has 1 amide bonds. The Hall–Kier alpha value is -0.850. The molecule has 0 bridgehead atoms. The summed E-state index contributed by atoms with van der Waals surface area (Å²) in [5.41, 5.74) is 4.93. The fourth-order valence-electron chi connectivity index (χ4n) is 1.93.